The van der Waals surface area contributed by atoms with Gasteiger partial charge in [-0.05, 0) is 25.7 Å². The predicted octanol–water partition coefficient (Wildman–Crippen LogP) is -0.228. The summed E-state index contributed by atoms with van der Waals surface area (Å²) < 4.78 is 4.79. The van der Waals surface area contributed by atoms with Crippen molar-refractivity contribution in [3.05, 3.63) is 0 Å². The Bertz CT molecular complexity index is 229. The summed E-state index contributed by atoms with van der Waals surface area (Å²) in [5.74, 6) is -0.0215. The molecule has 0 aromatic carbocycles. The van der Waals surface area contributed by atoms with Crippen molar-refractivity contribution in [3.63, 3.8) is 0 Å². The third kappa shape index (κ3) is 4.47. The van der Waals surface area contributed by atoms with Gasteiger partial charge in [-0.25, -0.2) is 0 Å². The van der Waals surface area contributed by atoms with E-state index in [4.69, 9.17) is 10.5 Å². The molecule has 1 saturated carbocycles. The molecule has 94 valence electrons. The molecule has 0 aromatic rings. The molecule has 1 amide bonds. The van der Waals surface area contributed by atoms with Crippen LogP contribution in [0, 0.1) is 0 Å². The van der Waals surface area contributed by atoms with Crippen molar-refractivity contribution in [3.8, 4) is 0 Å². The van der Waals surface area contributed by atoms with Gasteiger partial charge in [0.05, 0.1) is 12.7 Å². The largest absolute Gasteiger partial charge is 0.391 e. The Labute approximate surface area is 96.3 Å². The molecule has 0 bridgehead atoms. The summed E-state index contributed by atoms with van der Waals surface area (Å²) in [6.07, 6.45) is 3.39. The lowest BCUT2D eigenvalue weighted by molar-refractivity contribution is -0.123. The number of methoxy groups -OCH3 is 1. The smallest absolute Gasteiger partial charge is 0.221 e. The number of aliphatic hydroxyl groups excluding tert-OH is 1. The van der Waals surface area contributed by atoms with E-state index < -0.39 is 6.10 Å². The zero-order valence-electron chi connectivity index (χ0n) is 9.87. The van der Waals surface area contributed by atoms with Crippen LogP contribution >= 0.6 is 0 Å². The van der Waals surface area contributed by atoms with Gasteiger partial charge < -0.3 is 20.9 Å². The highest BCUT2D eigenvalue weighted by atomic mass is 16.5. The first-order chi connectivity index (χ1) is 7.56. The molecule has 0 spiro atoms. The highest BCUT2D eigenvalue weighted by Crippen LogP contribution is 2.31. The van der Waals surface area contributed by atoms with Crippen LogP contribution in [-0.4, -0.2) is 42.9 Å². The van der Waals surface area contributed by atoms with Crippen molar-refractivity contribution in [1.82, 2.24) is 5.32 Å². The van der Waals surface area contributed by atoms with Gasteiger partial charge in [0.25, 0.3) is 0 Å². The molecule has 1 unspecified atom stereocenters. The molecule has 1 aliphatic rings. The van der Waals surface area contributed by atoms with Crippen LogP contribution in [-0.2, 0) is 9.53 Å². The zero-order valence-corrected chi connectivity index (χ0v) is 9.87. The van der Waals surface area contributed by atoms with Gasteiger partial charge >= 0.3 is 0 Å². The van der Waals surface area contributed by atoms with Crippen molar-refractivity contribution in [2.75, 3.05) is 20.3 Å². The average Bonchev–Trinajstić information content (AvgIpc) is 2.15. The van der Waals surface area contributed by atoms with Crippen LogP contribution < -0.4 is 11.1 Å². The molecule has 1 fully saturated rings. The Morgan fingerprint density at radius 2 is 2.31 bits per heavy atom. The number of hydrogen-bond acceptors (Lipinski definition) is 4. The number of carbonyl (C=O) groups excluding carboxylic acids is 1. The maximum atomic E-state index is 11.5. The molecule has 0 saturated heterocycles. The number of rotatable bonds is 7. The Hall–Kier alpha value is -0.650. The third-order valence-corrected chi connectivity index (χ3v) is 3.02. The lowest BCUT2D eigenvalue weighted by Crippen LogP contribution is -2.50. The van der Waals surface area contributed by atoms with Crippen LogP contribution in [0.15, 0.2) is 0 Å². The second-order valence-electron chi connectivity index (χ2n) is 4.64. The number of ether oxygens (including phenoxy) is 1. The van der Waals surface area contributed by atoms with E-state index in [0.717, 1.165) is 19.3 Å². The molecule has 5 nitrogen and oxygen atoms in total. The van der Waals surface area contributed by atoms with Gasteiger partial charge in [0.15, 0.2) is 0 Å². The zero-order chi connectivity index (χ0) is 12.0. The highest BCUT2D eigenvalue weighted by Gasteiger charge is 2.34. The maximum Gasteiger partial charge on any atom is 0.221 e. The first-order valence-electron chi connectivity index (χ1n) is 5.78. The molecule has 0 heterocycles. The van der Waals surface area contributed by atoms with Crippen molar-refractivity contribution in [2.45, 2.75) is 43.7 Å². The number of nitrogens with one attached hydrogen (secondary N) is 1. The Morgan fingerprint density at radius 1 is 1.62 bits per heavy atom. The van der Waals surface area contributed by atoms with Gasteiger partial charge in [-0.2, -0.15) is 0 Å². The summed E-state index contributed by atoms with van der Waals surface area (Å²) in [6, 6.07) is 0. The first kappa shape index (κ1) is 13.4. The fourth-order valence-electron chi connectivity index (χ4n) is 1.84. The number of aliphatic hydroxyl groups is 1. The van der Waals surface area contributed by atoms with E-state index in [-0.39, 0.29) is 11.4 Å². The first-order valence-corrected chi connectivity index (χ1v) is 5.78. The molecule has 0 aromatic heterocycles. The molecular formula is C11H22N2O3. The van der Waals surface area contributed by atoms with Crippen molar-refractivity contribution in [2.24, 2.45) is 5.73 Å². The van der Waals surface area contributed by atoms with Crippen molar-refractivity contribution >= 4 is 5.91 Å². The lowest BCUT2D eigenvalue weighted by Gasteiger charge is -2.37. The van der Waals surface area contributed by atoms with Crippen LogP contribution in [0.1, 0.15) is 32.1 Å². The average molecular weight is 230 g/mol. The molecule has 1 atom stereocenters. The van der Waals surface area contributed by atoms with Crippen LogP contribution in [0.3, 0.4) is 0 Å². The van der Waals surface area contributed by atoms with E-state index in [0.29, 0.717) is 26.0 Å². The Balaban J connectivity index is 2.06. The molecule has 0 aliphatic heterocycles. The van der Waals surface area contributed by atoms with Gasteiger partial charge in [0, 0.05) is 25.6 Å². The third-order valence-electron chi connectivity index (χ3n) is 3.02. The molecule has 0 radical (unpaired) electrons. The van der Waals surface area contributed by atoms with Crippen molar-refractivity contribution < 1.29 is 14.6 Å². The number of amides is 1. The SMILES string of the molecule is COCC(O)CCNC(=O)CC1(N)CCC1. The summed E-state index contributed by atoms with van der Waals surface area (Å²) >= 11 is 0. The highest BCUT2D eigenvalue weighted by molar-refractivity contribution is 5.77. The molecule has 1 rings (SSSR count). The van der Waals surface area contributed by atoms with Crippen LogP contribution in [0.2, 0.25) is 0 Å². The molecule has 16 heavy (non-hydrogen) atoms. The summed E-state index contributed by atoms with van der Waals surface area (Å²) in [4.78, 5) is 11.5. The maximum absolute atomic E-state index is 11.5. The minimum Gasteiger partial charge on any atom is -0.391 e. The number of carbonyl (C=O) groups is 1. The molecule has 5 heteroatoms. The van der Waals surface area contributed by atoms with Gasteiger partial charge in [0.1, 0.15) is 0 Å². The van der Waals surface area contributed by atoms with Gasteiger partial charge in [-0.15, -0.1) is 0 Å². The summed E-state index contributed by atoms with van der Waals surface area (Å²) in [5, 5.41) is 12.1. The standard InChI is InChI=1S/C11H22N2O3/c1-16-8-9(14)3-6-13-10(15)7-11(12)4-2-5-11/h9,14H,2-8,12H2,1H3,(H,13,15). The monoisotopic (exact) mass is 230 g/mol. The van der Waals surface area contributed by atoms with E-state index in [1.807, 2.05) is 0 Å². The normalized spacial score (nSPS) is 19.9. The van der Waals surface area contributed by atoms with E-state index in [1.165, 1.54) is 7.11 Å². The molecule has 4 N–H and O–H groups in total. The summed E-state index contributed by atoms with van der Waals surface area (Å²) in [5.41, 5.74) is 5.68. The van der Waals surface area contributed by atoms with Crippen LogP contribution in [0.4, 0.5) is 0 Å². The predicted molar refractivity (Wildman–Crippen MR) is 60.9 cm³/mol. The Morgan fingerprint density at radius 3 is 2.81 bits per heavy atom. The van der Waals surface area contributed by atoms with Crippen molar-refractivity contribution in [1.29, 1.82) is 0 Å². The van der Waals surface area contributed by atoms with Gasteiger partial charge in [0.2, 0.25) is 5.91 Å². The van der Waals surface area contributed by atoms with E-state index in [2.05, 4.69) is 5.32 Å². The quantitative estimate of drug-likeness (QED) is 0.564. The fraction of sp³-hybridized carbons (Fsp3) is 0.909. The molecular weight excluding hydrogens is 208 g/mol. The van der Waals surface area contributed by atoms with E-state index in [9.17, 15) is 9.90 Å². The van der Waals surface area contributed by atoms with E-state index in [1.54, 1.807) is 0 Å². The molecule has 1 aliphatic carbocycles. The minimum atomic E-state index is -0.513. The van der Waals surface area contributed by atoms with Crippen LogP contribution in [0.5, 0.6) is 0 Å². The van der Waals surface area contributed by atoms with E-state index >= 15 is 0 Å². The van der Waals surface area contributed by atoms with Gasteiger partial charge in [-0.3, -0.25) is 4.79 Å². The summed E-state index contributed by atoms with van der Waals surface area (Å²) in [7, 11) is 1.54. The number of hydrogen-bond donors (Lipinski definition) is 3. The van der Waals surface area contributed by atoms with Crippen LogP contribution in [0.25, 0.3) is 0 Å². The minimum absolute atomic E-state index is 0.0215. The fourth-order valence-corrected chi connectivity index (χ4v) is 1.84. The second-order valence-corrected chi connectivity index (χ2v) is 4.64. The van der Waals surface area contributed by atoms with Gasteiger partial charge in [-0.1, -0.05) is 0 Å². The second kappa shape index (κ2) is 6.18. The topological polar surface area (TPSA) is 84.6 Å². The summed E-state index contributed by atoms with van der Waals surface area (Å²) in [6.45, 7) is 0.774. The Kier molecular flexibility index (Phi) is 5.18. The number of nitrogens with two attached hydrogens (primary N) is 1. The lowest BCUT2D eigenvalue weighted by atomic mass is 9.75.